The number of piperidine rings is 1. The van der Waals surface area contributed by atoms with E-state index in [0.717, 1.165) is 32.6 Å². The average Bonchev–Trinajstić information content (AvgIpc) is 2.61. The maximum Gasteiger partial charge on any atom is 0.255 e. The van der Waals surface area contributed by atoms with Crippen molar-refractivity contribution < 1.29 is 4.79 Å². The van der Waals surface area contributed by atoms with E-state index in [4.69, 9.17) is 0 Å². The number of halogens is 3. The zero-order valence-electron chi connectivity index (χ0n) is 9.25. The van der Waals surface area contributed by atoms with E-state index in [1.54, 1.807) is 0 Å². The molecule has 0 N–H and O–H groups in total. The van der Waals surface area contributed by atoms with E-state index in [-0.39, 0.29) is 5.91 Å². The second-order valence-corrected chi connectivity index (χ2v) is 9.20. The largest absolute Gasteiger partial charge is 0.337 e. The maximum atomic E-state index is 12.3. The summed E-state index contributed by atoms with van der Waals surface area (Å²) in [6.45, 7) is 3.86. The third-order valence-corrected chi connectivity index (χ3v) is 6.57. The highest BCUT2D eigenvalue weighted by Crippen LogP contribution is 2.33. The molecule has 2 nitrogen and oxygen atoms in total. The van der Waals surface area contributed by atoms with Gasteiger partial charge in [0, 0.05) is 17.9 Å². The summed E-state index contributed by atoms with van der Waals surface area (Å²) in [6.07, 6.45) is 1.06. The second kappa shape index (κ2) is 5.72. The van der Waals surface area contributed by atoms with E-state index >= 15 is 0 Å². The lowest BCUT2D eigenvalue weighted by Crippen LogP contribution is -2.43. The van der Waals surface area contributed by atoms with Gasteiger partial charge in [-0.05, 0) is 50.3 Å². The van der Waals surface area contributed by atoms with Gasteiger partial charge in [-0.3, -0.25) is 4.79 Å². The first-order valence-electron chi connectivity index (χ1n) is 5.37. The number of nitrogens with zero attached hydrogens (tertiary/aromatic N) is 1. The van der Waals surface area contributed by atoms with Crippen LogP contribution in [0.2, 0.25) is 0 Å². The zero-order chi connectivity index (χ0) is 12.6. The first kappa shape index (κ1) is 14.0. The van der Waals surface area contributed by atoms with Crippen LogP contribution in [-0.2, 0) is 0 Å². The van der Waals surface area contributed by atoms with Crippen LogP contribution in [-0.4, -0.2) is 28.7 Å². The Balaban J connectivity index is 2.13. The van der Waals surface area contributed by atoms with Gasteiger partial charge in [0.05, 0.1) is 13.1 Å². The van der Waals surface area contributed by atoms with Crippen LogP contribution < -0.4 is 0 Å². The molecule has 0 saturated carbocycles. The molecule has 1 amide bonds. The molecule has 1 fully saturated rings. The smallest absolute Gasteiger partial charge is 0.255 e. The molecule has 94 valence electrons. The topological polar surface area (TPSA) is 20.3 Å². The summed E-state index contributed by atoms with van der Waals surface area (Å²) in [6, 6.07) is 1.89. The fraction of sp³-hybridized carbons (Fsp3) is 0.545. The molecule has 0 aliphatic carbocycles. The molecule has 2 atom stereocenters. The van der Waals surface area contributed by atoms with Gasteiger partial charge in [-0.1, -0.05) is 22.9 Å². The molecule has 0 radical (unpaired) electrons. The van der Waals surface area contributed by atoms with Crippen LogP contribution >= 0.6 is 59.1 Å². The number of likely N-dealkylation sites (tertiary alicyclic amines) is 1. The van der Waals surface area contributed by atoms with E-state index in [0.29, 0.717) is 10.7 Å². The van der Waals surface area contributed by atoms with Crippen molar-refractivity contribution in [3.63, 3.8) is 0 Å². The van der Waals surface area contributed by atoms with E-state index < -0.39 is 0 Å². The van der Waals surface area contributed by atoms with Gasteiger partial charge in [-0.25, -0.2) is 0 Å². The molecule has 2 unspecified atom stereocenters. The van der Waals surface area contributed by atoms with Crippen molar-refractivity contribution in [2.75, 3.05) is 13.1 Å². The number of rotatable bonds is 1. The number of carbonyl (C=O) groups excluding carboxylic acids is 1. The Morgan fingerprint density at radius 2 is 2.24 bits per heavy atom. The minimum atomic E-state index is 0.121. The fourth-order valence-electron chi connectivity index (χ4n) is 1.86. The highest BCUT2D eigenvalue weighted by molar-refractivity contribution is 9.12. The lowest BCUT2D eigenvalue weighted by molar-refractivity contribution is 0.0705. The Morgan fingerprint density at radius 3 is 2.76 bits per heavy atom. The summed E-state index contributed by atoms with van der Waals surface area (Å²) in [5.41, 5.74) is 0.760. The third-order valence-electron chi connectivity index (χ3n) is 3.04. The molecule has 0 aromatic carbocycles. The monoisotopic (exact) mass is 443 g/mol. The van der Waals surface area contributed by atoms with Crippen LogP contribution in [0, 0.1) is 5.92 Å². The number of hydrogen-bond acceptors (Lipinski definition) is 2. The normalized spacial score (nSPS) is 25.1. The molecule has 2 heterocycles. The molecule has 0 bridgehead atoms. The Morgan fingerprint density at radius 1 is 1.53 bits per heavy atom. The molecular weight excluding hydrogens is 434 g/mol. The molecule has 6 heteroatoms. The summed E-state index contributed by atoms with van der Waals surface area (Å²) >= 11 is 12.0. The molecule has 1 saturated heterocycles. The Labute approximate surface area is 130 Å². The van der Waals surface area contributed by atoms with Gasteiger partial charge in [-0.2, -0.15) is 0 Å². The average molecular weight is 446 g/mol. The van der Waals surface area contributed by atoms with Crippen molar-refractivity contribution in [1.82, 2.24) is 4.90 Å². The molecule has 0 spiro atoms. The highest BCUT2D eigenvalue weighted by atomic mass is 79.9. The second-order valence-electron chi connectivity index (χ2n) is 4.27. The van der Waals surface area contributed by atoms with Crippen molar-refractivity contribution in [2.45, 2.75) is 18.2 Å². The van der Waals surface area contributed by atoms with Gasteiger partial charge in [0.1, 0.15) is 0 Å². The number of alkyl halides is 1. The summed E-state index contributed by atoms with van der Waals surface area (Å²) in [5.74, 6) is 0.756. The lowest BCUT2D eigenvalue weighted by atomic mass is 9.98. The highest BCUT2D eigenvalue weighted by Gasteiger charge is 2.29. The van der Waals surface area contributed by atoms with Crippen molar-refractivity contribution in [3.8, 4) is 0 Å². The lowest BCUT2D eigenvalue weighted by Gasteiger charge is -2.34. The first-order chi connectivity index (χ1) is 7.99. The van der Waals surface area contributed by atoms with Crippen LogP contribution in [0.3, 0.4) is 0 Å². The molecule has 2 rings (SSSR count). The predicted octanol–water partition coefficient (Wildman–Crippen LogP) is 4.52. The van der Waals surface area contributed by atoms with Gasteiger partial charge < -0.3 is 4.90 Å². The number of thiophene rings is 1. The standard InChI is InChI=1S/C11H12Br3NOS/c1-6-2-3-15(5-8(6)12)11(16)7-4-9(13)17-10(7)14/h4,6,8H,2-3,5H2,1H3. The van der Waals surface area contributed by atoms with Crippen molar-refractivity contribution in [2.24, 2.45) is 5.92 Å². The Hall–Kier alpha value is 0.610. The van der Waals surface area contributed by atoms with Crippen LogP contribution in [0.1, 0.15) is 23.7 Å². The first-order valence-corrected chi connectivity index (χ1v) is 8.69. The summed E-state index contributed by atoms with van der Waals surface area (Å²) in [7, 11) is 0. The van der Waals surface area contributed by atoms with Gasteiger partial charge in [0.25, 0.3) is 5.91 Å². The molecule has 1 aromatic rings. The third kappa shape index (κ3) is 3.14. The van der Waals surface area contributed by atoms with E-state index in [1.165, 1.54) is 11.3 Å². The number of amides is 1. The van der Waals surface area contributed by atoms with Crippen molar-refractivity contribution in [1.29, 1.82) is 0 Å². The van der Waals surface area contributed by atoms with Crippen LogP contribution in [0.15, 0.2) is 13.6 Å². The van der Waals surface area contributed by atoms with Gasteiger partial charge >= 0.3 is 0 Å². The molecule has 1 aromatic heterocycles. The molecule has 1 aliphatic heterocycles. The molecule has 17 heavy (non-hydrogen) atoms. The van der Waals surface area contributed by atoms with E-state index in [2.05, 4.69) is 54.7 Å². The quantitative estimate of drug-likeness (QED) is 0.582. The van der Waals surface area contributed by atoms with E-state index in [1.807, 2.05) is 11.0 Å². The Bertz CT molecular complexity index is 434. The Kier molecular flexibility index (Phi) is 4.72. The zero-order valence-corrected chi connectivity index (χ0v) is 14.8. The van der Waals surface area contributed by atoms with Crippen molar-refractivity contribution in [3.05, 3.63) is 19.2 Å². The van der Waals surface area contributed by atoms with Crippen molar-refractivity contribution >= 4 is 65.0 Å². The van der Waals surface area contributed by atoms with Crippen LogP contribution in [0.25, 0.3) is 0 Å². The minimum absolute atomic E-state index is 0.121. The maximum absolute atomic E-state index is 12.3. The number of carbonyl (C=O) groups is 1. The van der Waals surface area contributed by atoms with Gasteiger partial charge in [0.2, 0.25) is 0 Å². The fourth-order valence-corrected chi connectivity index (χ4v) is 5.25. The summed E-state index contributed by atoms with van der Waals surface area (Å²) < 4.78 is 1.88. The van der Waals surface area contributed by atoms with Gasteiger partial charge in [0.15, 0.2) is 0 Å². The SMILES string of the molecule is CC1CCN(C(=O)c2cc(Br)sc2Br)CC1Br. The summed E-state index contributed by atoms with van der Waals surface area (Å²) in [5, 5.41) is 0. The number of hydrogen-bond donors (Lipinski definition) is 0. The minimum Gasteiger partial charge on any atom is -0.337 e. The van der Waals surface area contributed by atoms with Crippen LogP contribution in [0.5, 0.6) is 0 Å². The summed E-state index contributed by atoms with van der Waals surface area (Å²) in [4.78, 5) is 14.7. The van der Waals surface area contributed by atoms with E-state index in [9.17, 15) is 4.79 Å². The van der Waals surface area contributed by atoms with Crippen LogP contribution in [0.4, 0.5) is 0 Å². The predicted molar refractivity (Wildman–Crippen MR) is 82.1 cm³/mol. The van der Waals surface area contributed by atoms with Gasteiger partial charge in [-0.15, -0.1) is 11.3 Å². The molecular formula is C11H12Br3NOS. The molecule has 1 aliphatic rings.